The first-order chi connectivity index (χ1) is 5.39. The second-order valence-electron chi connectivity index (χ2n) is 3.15. The van der Waals surface area contributed by atoms with Crippen molar-refractivity contribution in [1.29, 1.82) is 0 Å². The molecule has 0 saturated carbocycles. The summed E-state index contributed by atoms with van der Waals surface area (Å²) in [5.41, 5.74) is 0. The number of rotatable bonds is 0. The van der Waals surface area contributed by atoms with Gasteiger partial charge in [-0.1, -0.05) is 18.6 Å². The average molecular weight is 152 g/mol. The van der Waals surface area contributed by atoms with Crippen molar-refractivity contribution in [3.8, 4) is 0 Å². The number of carbonyl (C=O) groups is 1. The van der Waals surface area contributed by atoms with Crippen molar-refractivity contribution in [3.05, 3.63) is 12.2 Å². The first-order valence-electron chi connectivity index (χ1n) is 4.56. The molecule has 0 aromatic carbocycles. The molecule has 1 nitrogen and oxygen atoms in total. The van der Waals surface area contributed by atoms with Gasteiger partial charge in [-0.15, -0.1) is 0 Å². The molecule has 0 spiro atoms. The molecule has 1 heteroatoms. The van der Waals surface area contributed by atoms with Gasteiger partial charge in [0.1, 0.15) is 5.78 Å². The summed E-state index contributed by atoms with van der Waals surface area (Å²) in [5, 5.41) is 0. The molecule has 0 aromatic rings. The Morgan fingerprint density at radius 3 is 2.64 bits per heavy atom. The second-order valence-corrected chi connectivity index (χ2v) is 3.15. The number of hydrogen-bond donors (Lipinski definition) is 0. The zero-order chi connectivity index (χ0) is 7.94. The average Bonchev–Trinajstić information content (AvgIpc) is 2.03. The van der Waals surface area contributed by atoms with Crippen LogP contribution in [0.1, 0.15) is 44.9 Å². The van der Waals surface area contributed by atoms with E-state index >= 15 is 0 Å². The molecule has 0 N–H and O–H groups in total. The van der Waals surface area contributed by atoms with E-state index in [0.29, 0.717) is 5.78 Å². The zero-order valence-corrected chi connectivity index (χ0v) is 7.01. The van der Waals surface area contributed by atoms with Gasteiger partial charge in [-0.05, 0) is 25.7 Å². The van der Waals surface area contributed by atoms with Gasteiger partial charge in [0.25, 0.3) is 0 Å². The van der Waals surface area contributed by atoms with Crippen LogP contribution in [0.25, 0.3) is 0 Å². The van der Waals surface area contributed by atoms with Crippen LogP contribution >= 0.6 is 0 Å². The van der Waals surface area contributed by atoms with Gasteiger partial charge < -0.3 is 0 Å². The molecule has 62 valence electrons. The molecule has 0 radical (unpaired) electrons. The first-order valence-corrected chi connectivity index (χ1v) is 4.56. The summed E-state index contributed by atoms with van der Waals surface area (Å²) < 4.78 is 0. The van der Waals surface area contributed by atoms with Gasteiger partial charge >= 0.3 is 0 Å². The molecule has 0 heterocycles. The molecule has 0 amide bonds. The van der Waals surface area contributed by atoms with Crippen LogP contribution in [-0.4, -0.2) is 5.78 Å². The van der Waals surface area contributed by atoms with E-state index in [2.05, 4.69) is 12.2 Å². The highest BCUT2D eigenvalue weighted by atomic mass is 16.1. The van der Waals surface area contributed by atoms with Crippen LogP contribution in [0, 0.1) is 0 Å². The Labute approximate surface area is 68.5 Å². The van der Waals surface area contributed by atoms with Gasteiger partial charge in [0.05, 0.1) is 0 Å². The molecular weight excluding hydrogens is 136 g/mol. The molecule has 0 aliphatic heterocycles. The molecule has 0 atom stereocenters. The van der Waals surface area contributed by atoms with Crippen molar-refractivity contribution in [2.24, 2.45) is 0 Å². The van der Waals surface area contributed by atoms with Crippen molar-refractivity contribution in [1.82, 2.24) is 0 Å². The Morgan fingerprint density at radius 2 is 1.73 bits per heavy atom. The Kier molecular flexibility index (Phi) is 3.95. The zero-order valence-electron chi connectivity index (χ0n) is 7.01. The molecule has 11 heavy (non-hydrogen) atoms. The summed E-state index contributed by atoms with van der Waals surface area (Å²) in [7, 11) is 0. The molecule has 1 aliphatic rings. The summed E-state index contributed by atoms with van der Waals surface area (Å²) >= 11 is 0. The molecule has 0 aromatic heterocycles. The topological polar surface area (TPSA) is 17.1 Å². The Hall–Kier alpha value is -0.590. The van der Waals surface area contributed by atoms with Crippen LogP contribution in [0.2, 0.25) is 0 Å². The lowest BCUT2D eigenvalue weighted by Crippen LogP contribution is -1.97. The van der Waals surface area contributed by atoms with E-state index in [4.69, 9.17) is 0 Å². The van der Waals surface area contributed by atoms with Gasteiger partial charge in [0.15, 0.2) is 0 Å². The lowest BCUT2D eigenvalue weighted by atomic mass is 10.0. The summed E-state index contributed by atoms with van der Waals surface area (Å²) in [5.74, 6) is 0.441. The first kappa shape index (κ1) is 8.51. The largest absolute Gasteiger partial charge is 0.300 e. The van der Waals surface area contributed by atoms with Gasteiger partial charge in [0.2, 0.25) is 0 Å². The highest BCUT2D eigenvalue weighted by molar-refractivity contribution is 5.78. The van der Waals surface area contributed by atoms with Crippen molar-refractivity contribution in [2.75, 3.05) is 0 Å². The quantitative estimate of drug-likeness (QED) is 0.488. The van der Waals surface area contributed by atoms with Crippen LogP contribution in [0.15, 0.2) is 12.2 Å². The van der Waals surface area contributed by atoms with Crippen LogP contribution in [-0.2, 0) is 4.79 Å². The number of hydrogen-bond acceptors (Lipinski definition) is 1. The van der Waals surface area contributed by atoms with Crippen LogP contribution in [0.4, 0.5) is 0 Å². The monoisotopic (exact) mass is 152 g/mol. The van der Waals surface area contributed by atoms with E-state index in [1.54, 1.807) is 0 Å². The number of carbonyl (C=O) groups excluding carboxylic acids is 1. The second kappa shape index (κ2) is 5.11. The minimum atomic E-state index is 0.441. The molecule has 1 aliphatic carbocycles. The van der Waals surface area contributed by atoms with Gasteiger partial charge in [0, 0.05) is 12.8 Å². The minimum absolute atomic E-state index is 0.441. The molecule has 1 rings (SSSR count). The Balaban J connectivity index is 2.29. The normalized spacial score (nSPS) is 21.6. The predicted molar refractivity (Wildman–Crippen MR) is 46.5 cm³/mol. The maximum absolute atomic E-state index is 11.1. The highest BCUT2D eigenvalue weighted by Crippen LogP contribution is 2.09. The minimum Gasteiger partial charge on any atom is -0.300 e. The van der Waals surface area contributed by atoms with Crippen molar-refractivity contribution in [2.45, 2.75) is 44.9 Å². The Morgan fingerprint density at radius 1 is 0.909 bits per heavy atom. The van der Waals surface area contributed by atoms with Gasteiger partial charge in [-0.2, -0.15) is 0 Å². The summed E-state index contributed by atoms with van der Waals surface area (Å²) in [6, 6.07) is 0. The van der Waals surface area contributed by atoms with E-state index in [0.717, 1.165) is 25.7 Å². The number of allylic oxidation sites excluding steroid dienone is 2. The lowest BCUT2D eigenvalue weighted by Gasteiger charge is -2.01. The molecular formula is C10H16O. The van der Waals surface area contributed by atoms with Crippen molar-refractivity contribution < 1.29 is 4.79 Å². The maximum Gasteiger partial charge on any atom is 0.133 e. The van der Waals surface area contributed by atoms with Crippen molar-refractivity contribution in [3.63, 3.8) is 0 Å². The van der Waals surface area contributed by atoms with Crippen molar-refractivity contribution >= 4 is 5.78 Å². The summed E-state index contributed by atoms with van der Waals surface area (Å²) in [4.78, 5) is 11.1. The van der Waals surface area contributed by atoms with E-state index in [1.165, 1.54) is 19.3 Å². The van der Waals surface area contributed by atoms with E-state index in [9.17, 15) is 4.79 Å². The summed E-state index contributed by atoms with van der Waals surface area (Å²) in [6.07, 6.45) is 11.7. The predicted octanol–water partition coefficient (Wildman–Crippen LogP) is 2.86. The van der Waals surface area contributed by atoms with Gasteiger partial charge in [-0.25, -0.2) is 0 Å². The summed E-state index contributed by atoms with van der Waals surface area (Å²) in [6.45, 7) is 0. The van der Waals surface area contributed by atoms with Crippen LogP contribution < -0.4 is 0 Å². The fourth-order valence-corrected chi connectivity index (χ4v) is 1.37. The van der Waals surface area contributed by atoms with E-state index < -0.39 is 0 Å². The lowest BCUT2D eigenvalue weighted by molar-refractivity contribution is -0.119. The fourth-order valence-electron chi connectivity index (χ4n) is 1.37. The maximum atomic E-state index is 11.1. The van der Waals surface area contributed by atoms with Crippen LogP contribution in [0.3, 0.4) is 0 Å². The number of Topliss-reactive ketones (excluding diaryl/α,β-unsaturated/α-hetero) is 1. The van der Waals surface area contributed by atoms with Crippen LogP contribution in [0.5, 0.6) is 0 Å². The number of ketones is 1. The fraction of sp³-hybridized carbons (Fsp3) is 0.700. The third-order valence-electron chi connectivity index (χ3n) is 2.08. The Bertz CT molecular complexity index is 147. The smallest absolute Gasteiger partial charge is 0.133 e. The van der Waals surface area contributed by atoms with Gasteiger partial charge in [-0.3, -0.25) is 4.79 Å². The molecule has 0 saturated heterocycles. The third-order valence-corrected chi connectivity index (χ3v) is 2.08. The molecule has 0 bridgehead atoms. The highest BCUT2D eigenvalue weighted by Gasteiger charge is 2.00. The third kappa shape index (κ3) is 3.97. The van der Waals surface area contributed by atoms with E-state index in [1.807, 2.05) is 0 Å². The molecule has 0 fully saturated rings. The standard InChI is InChI=1S/C10H16O/c11-10-8-6-4-2-1-3-5-7-9-10/h2,4H,1,3,5-9H2. The SMILES string of the molecule is O=C1CCC=CCCCCC1. The molecule has 0 unspecified atom stereocenters. The van der Waals surface area contributed by atoms with E-state index in [-0.39, 0.29) is 0 Å².